The predicted molar refractivity (Wildman–Crippen MR) is 59.1 cm³/mol. The summed E-state index contributed by atoms with van der Waals surface area (Å²) in [7, 11) is 0. The van der Waals surface area contributed by atoms with E-state index in [0.717, 1.165) is 23.1 Å². The molecule has 0 saturated heterocycles. The van der Waals surface area contributed by atoms with Crippen molar-refractivity contribution in [3.63, 3.8) is 0 Å². The van der Waals surface area contributed by atoms with E-state index in [2.05, 4.69) is 6.58 Å². The summed E-state index contributed by atoms with van der Waals surface area (Å²) in [6, 6.07) is 3.56. The van der Waals surface area contributed by atoms with Crippen molar-refractivity contribution in [3.05, 3.63) is 47.3 Å². The Labute approximate surface area is 85.5 Å². The molecule has 1 atom stereocenters. The summed E-state index contributed by atoms with van der Waals surface area (Å²) in [6.45, 7) is 9.64. The second-order valence-electron chi connectivity index (χ2n) is 3.88. The van der Waals surface area contributed by atoms with Crippen LogP contribution >= 0.6 is 0 Å². The Morgan fingerprint density at radius 1 is 1.36 bits per heavy atom. The Morgan fingerprint density at radius 3 is 2.50 bits per heavy atom. The molecule has 0 bridgehead atoms. The lowest BCUT2D eigenvalue weighted by Crippen LogP contribution is -1.98. The van der Waals surface area contributed by atoms with E-state index in [4.69, 9.17) is 0 Å². The topological polar surface area (TPSA) is 0 Å². The Bertz CT molecular complexity index is 339. The summed E-state index contributed by atoms with van der Waals surface area (Å²) in [5.41, 5.74) is 2.96. The van der Waals surface area contributed by atoms with Crippen LogP contribution in [0.5, 0.6) is 0 Å². The maximum Gasteiger partial charge on any atom is 0.126 e. The minimum absolute atomic E-state index is 0.0950. The Morgan fingerprint density at radius 2 is 1.93 bits per heavy atom. The van der Waals surface area contributed by atoms with Crippen molar-refractivity contribution >= 4 is 0 Å². The van der Waals surface area contributed by atoms with Crippen LogP contribution in [0.1, 0.15) is 36.0 Å². The maximum absolute atomic E-state index is 13.6. The van der Waals surface area contributed by atoms with Crippen LogP contribution < -0.4 is 0 Å². The van der Waals surface area contributed by atoms with Gasteiger partial charge in [-0.05, 0) is 48.9 Å². The summed E-state index contributed by atoms with van der Waals surface area (Å²) in [5, 5.41) is 0. The molecule has 0 fully saturated rings. The van der Waals surface area contributed by atoms with Gasteiger partial charge in [-0.1, -0.05) is 19.1 Å². The van der Waals surface area contributed by atoms with Crippen LogP contribution in [-0.2, 0) is 0 Å². The van der Waals surface area contributed by atoms with E-state index >= 15 is 0 Å². The molecule has 1 aromatic rings. The quantitative estimate of drug-likeness (QED) is 0.632. The highest BCUT2D eigenvalue weighted by atomic mass is 19.1. The van der Waals surface area contributed by atoms with Gasteiger partial charge < -0.3 is 0 Å². The molecule has 0 aliphatic rings. The van der Waals surface area contributed by atoms with Crippen LogP contribution in [0, 0.1) is 19.7 Å². The van der Waals surface area contributed by atoms with Gasteiger partial charge in [0.2, 0.25) is 0 Å². The Kier molecular flexibility index (Phi) is 3.45. The fraction of sp³-hybridized carbons (Fsp3) is 0.385. The molecule has 0 heterocycles. The normalized spacial score (nSPS) is 12.6. The first-order valence-corrected chi connectivity index (χ1v) is 4.93. The van der Waals surface area contributed by atoms with Crippen LogP contribution in [0.2, 0.25) is 0 Å². The molecule has 1 aromatic carbocycles. The first-order chi connectivity index (χ1) is 6.56. The van der Waals surface area contributed by atoms with Gasteiger partial charge in [-0.2, -0.15) is 0 Å². The Hall–Kier alpha value is -1.11. The molecular formula is C13H17F. The van der Waals surface area contributed by atoms with Crippen LogP contribution in [0.25, 0.3) is 0 Å². The fourth-order valence-electron chi connectivity index (χ4n) is 1.56. The van der Waals surface area contributed by atoms with E-state index in [-0.39, 0.29) is 11.7 Å². The molecule has 76 valence electrons. The number of aryl methyl sites for hydroxylation is 2. The van der Waals surface area contributed by atoms with Crippen molar-refractivity contribution in [2.24, 2.45) is 0 Å². The fourth-order valence-corrected chi connectivity index (χ4v) is 1.56. The summed E-state index contributed by atoms with van der Waals surface area (Å²) < 4.78 is 13.6. The van der Waals surface area contributed by atoms with Crippen molar-refractivity contribution in [1.29, 1.82) is 0 Å². The number of benzene rings is 1. The van der Waals surface area contributed by atoms with E-state index in [1.807, 2.05) is 32.9 Å². The zero-order chi connectivity index (χ0) is 10.7. The van der Waals surface area contributed by atoms with E-state index in [1.165, 1.54) is 0 Å². The smallest absolute Gasteiger partial charge is 0.126 e. The SMILES string of the molecule is C=CCC(C)c1cc(C)c(C)cc1F. The molecule has 1 heteroatoms. The maximum atomic E-state index is 13.6. The van der Waals surface area contributed by atoms with Crippen molar-refractivity contribution in [2.45, 2.75) is 33.1 Å². The molecule has 1 unspecified atom stereocenters. The molecule has 0 spiro atoms. The molecule has 14 heavy (non-hydrogen) atoms. The van der Waals surface area contributed by atoms with Crippen LogP contribution in [0.4, 0.5) is 4.39 Å². The predicted octanol–water partition coefficient (Wildman–Crippen LogP) is 4.12. The van der Waals surface area contributed by atoms with Crippen molar-refractivity contribution in [3.8, 4) is 0 Å². The highest BCUT2D eigenvalue weighted by Gasteiger charge is 2.10. The van der Waals surface area contributed by atoms with E-state index in [1.54, 1.807) is 6.07 Å². The lowest BCUT2D eigenvalue weighted by atomic mass is 9.94. The Balaban J connectivity index is 3.08. The second kappa shape index (κ2) is 4.41. The van der Waals surface area contributed by atoms with Gasteiger partial charge in [-0.3, -0.25) is 0 Å². The highest BCUT2D eigenvalue weighted by Crippen LogP contribution is 2.25. The summed E-state index contributed by atoms with van der Waals surface area (Å²) >= 11 is 0. The lowest BCUT2D eigenvalue weighted by molar-refractivity contribution is 0.588. The minimum atomic E-state index is -0.0950. The lowest BCUT2D eigenvalue weighted by Gasteiger charge is -2.12. The standard InChI is InChI=1S/C13H17F/c1-5-6-9(2)12-7-10(3)11(4)8-13(12)14/h5,7-9H,1,6H2,2-4H3. The molecule has 0 aliphatic carbocycles. The van der Waals surface area contributed by atoms with Gasteiger partial charge in [0.1, 0.15) is 5.82 Å². The second-order valence-corrected chi connectivity index (χ2v) is 3.88. The van der Waals surface area contributed by atoms with E-state index in [0.29, 0.717) is 0 Å². The molecule has 0 N–H and O–H groups in total. The molecular weight excluding hydrogens is 175 g/mol. The van der Waals surface area contributed by atoms with Gasteiger partial charge in [-0.25, -0.2) is 4.39 Å². The summed E-state index contributed by atoms with van der Waals surface area (Å²) in [6.07, 6.45) is 2.65. The van der Waals surface area contributed by atoms with Crippen LogP contribution in [-0.4, -0.2) is 0 Å². The first kappa shape index (κ1) is 11.0. The van der Waals surface area contributed by atoms with E-state index in [9.17, 15) is 4.39 Å². The molecule has 0 nitrogen and oxygen atoms in total. The van der Waals surface area contributed by atoms with Gasteiger partial charge >= 0.3 is 0 Å². The third-order valence-electron chi connectivity index (χ3n) is 2.66. The number of rotatable bonds is 3. The van der Waals surface area contributed by atoms with Crippen molar-refractivity contribution < 1.29 is 4.39 Å². The average molecular weight is 192 g/mol. The number of hydrogen-bond acceptors (Lipinski definition) is 0. The van der Waals surface area contributed by atoms with Gasteiger partial charge in [0, 0.05) is 0 Å². The number of hydrogen-bond donors (Lipinski definition) is 0. The summed E-state index contributed by atoms with van der Waals surface area (Å²) in [4.78, 5) is 0. The van der Waals surface area contributed by atoms with Gasteiger partial charge in [0.15, 0.2) is 0 Å². The summed E-state index contributed by atoms with van der Waals surface area (Å²) in [5.74, 6) is 0.120. The highest BCUT2D eigenvalue weighted by molar-refractivity contribution is 5.33. The monoisotopic (exact) mass is 192 g/mol. The third kappa shape index (κ3) is 2.22. The zero-order valence-corrected chi connectivity index (χ0v) is 9.10. The average Bonchev–Trinajstić information content (AvgIpc) is 2.11. The van der Waals surface area contributed by atoms with Gasteiger partial charge in [0.05, 0.1) is 0 Å². The molecule has 0 aliphatic heterocycles. The van der Waals surface area contributed by atoms with E-state index < -0.39 is 0 Å². The van der Waals surface area contributed by atoms with Gasteiger partial charge in [0.25, 0.3) is 0 Å². The van der Waals surface area contributed by atoms with Crippen molar-refractivity contribution in [1.82, 2.24) is 0 Å². The molecule has 0 amide bonds. The molecule has 0 radical (unpaired) electrons. The largest absolute Gasteiger partial charge is 0.207 e. The molecule has 0 saturated carbocycles. The van der Waals surface area contributed by atoms with Crippen LogP contribution in [0.3, 0.4) is 0 Å². The zero-order valence-electron chi connectivity index (χ0n) is 9.10. The van der Waals surface area contributed by atoms with Crippen LogP contribution in [0.15, 0.2) is 24.8 Å². The minimum Gasteiger partial charge on any atom is -0.207 e. The molecule has 0 aromatic heterocycles. The number of allylic oxidation sites excluding steroid dienone is 1. The number of halogens is 1. The first-order valence-electron chi connectivity index (χ1n) is 4.93. The van der Waals surface area contributed by atoms with Crippen molar-refractivity contribution in [2.75, 3.05) is 0 Å². The molecule has 1 rings (SSSR count). The third-order valence-corrected chi connectivity index (χ3v) is 2.66. The van der Waals surface area contributed by atoms with Gasteiger partial charge in [-0.15, -0.1) is 6.58 Å².